The minimum absolute atomic E-state index is 0. The highest BCUT2D eigenvalue weighted by Crippen LogP contribution is 2.25. The molecule has 2 rings (SSSR count). The first kappa shape index (κ1) is 15.8. The van der Waals surface area contributed by atoms with Crippen molar-refractivity contribution in [3.63, 3.8) is 0 Å². The molecule has 0 aromatic heterocycles. The maximum Gasteiger partial charge on any atom is 0.222 e. The number of hydrogen-bond donors (Lipinski definition) is 1. The Labute approximate surface area is 117 Å². The van der Waals surface area contributed by atoms with E-state index in [0.29, 0.717) is 17.9 Å². The van der Waals surface area contributed by atoms with Gasteiger partial charge in [-0.1, -0.05) is 6.92 Å². The average Bonchev–Trinajstić information content (AvgIpc) is 2.67. The van der Waals surface area contributed by atoms with Crippen LogP contribution in [0, 0.1) is 11.8 Å². The highest BCUT2D eigenvalue weighted by molar-refractivity contribution is 5.85. The average molecular weight is 275 g/mol. The van der Waals surface area contributed by atoms with Crippen molar-refractivity contribution in [2.45, 2.75) is 52.0 Å². The van der Waals surface area contributed by atoms with Gasteiger partial charge in [-0.3, -0.25) is 4.79 Å². The van der Waals surface area contributed by atoms with Crippen LogP contribution in [0.25, 0.3) is 0 Å². The largest absolute Gasteiger partial charge is 0.340 e. The number of nitrogens with one attached hydrogen (secondary N) is 1. The molecule has 2 heterocycles. The monoisotopic (exact) mass is 274 g/mol. The second-order valence-electron chi connectivity index (χ2n) is 5.97. The number of rotatable bonds is 3. The lowest BCUT2D eigenvalue weighted by molar-refractivity contribution is -0.132. The molecular weight excluding hydrogens is 248 g/mol. The van der Waals surface area contributed by atoms with Gasteiger partial charge in [0.05, 0.1) is 0 Å². The summed E-state index contributed by atoms with van der Waals surface area (Å²) in [6.45, 7) is 7.68. The molecular formula is C14H27ClN2O. The van der Waals surface area contributed by atoms with Gasteiger partial charge in [0.2, 0.25) is 5.91 Å². The molecule has 3 nitrogen and oxygen atoms in total. The number of piperidine rings is 1. The molecule has 0 saturated carbocycles. The quantitative estimate of drug-likeness (QED) is 0.857. The molecule has 0 aromatic rings. The summed E-state index contributed by atoms with van der Waals surface area (Å²) >= 11 is 0. The van der Waals surface area contributed by atoms with E-state index in [2.05, 4.69) is 24.1 Å². The minimum atomic E-state index is 0. The lowest BCUT2D eigenvalue weighted by atomic mass is 9.93. The van der Waals surface area contributed by atoms with Gasteiger partial charge in [-0.15, -0.1) is 12.4 Å². The zero-order valence-electron chi connectivity index (χ0n) is 11.7. The van der Waals surface area contributed by atoms with Crippen molar-refractivity contribution < 1.29 is 4.79 Å². The summed E-state index contributed by atoms with van der Waals surface area (Å²) in [5.41, 5.74) is 0. The Kier molecular flexibility index (Phi) is 6.44. The number of carbonyl (C=O) groups is 1. The molecule has 0 radical (unpaired) electrons. The molecule has 4 heteroatoms. The molecule has 2 aliphatic rings. The van der Waals surface area contributed by atoms with Gasteiger partial charge in [-0.05, 0) is 57.5 Å². The second-order valence-corrected chi connectivity index (χ2v) is 5.97. The molecule has 2 unspecified atom stereocenters. The maximum absolute atomic E-state index is 12.2. The van der Waals surface area contributed by atoms with Crippen molar-refractivity contribution in [1.29, 1.82) is 0 Å². The molecule has 2 saturated heterocycles. The summed E-state index contributed by atoms with van der Waals surface area (Å²) in [6, 6.07) is 0.463. The highest BCUT2D eigenvalue weighted by Gasteiger charge is 2.29. The van der Waals surface area contributed by atoms with E-state index < -0.39 is 0 Å². The van der Waals surface area contributed by atoms with Crippen LogP contribution in [0.15, 0.2) is 0 Å². The van der Waals surface area contributed by atoms with E-state index in [-0.39, 0.29) is 12.4 Å². The van der Waals surface area contributed by atoms with E-state index in [4.69, 9.17) is 0 Å². The fourth-order valence-corrected chi connectivity index (χ4v) is 3.29. The van der Waals surface area contributed by atoms with Gasteiger partial charge < -0.3 is 10.2 Å². The van der Waals surface area contributed by atoms with Gasteiger partial charge in [-0.2, -0.15) is 0 Å². The molecule has 0 spiro atoms. The summed E-state index contributed by atoms with van der Waals surface area (Å²) in [5, 5.41) is 3.37. The first-order chi connectivity index (χ1) is 8.16. The first-order valence-corrected chi connectivity index (χ1v) is 7.17. The van der Waals surface area contributed by atoms with E-state index in [9.17, 15) is 4.79 Å². The van der Waals surface area contributed by atoms with Crippen LogP contribution in [-0.4, -0.2) is 36.5 Å². The third kappa shape index (κ3) is 4.13. The predicted octanol–water partition coefficient (Wildman–Crippen LogP) is 2.44. The molecule has 2 atom stereocenters. The molecule has 2 fully saturated rings. The van der Waals surface area contributed by atoms with Crippen molar-refractivity contribution >= 4 is 18.3 Å². The second kappa shape index (κ2) is 7.34. The number of amides is 1. The van der Waals surface area contributed by atoms with Crippen LogP contribution in [-0.2, 0) is 4.79 Å². The van der Waals surface area contributed by atoms with Crippen molar-refractivity contribution in [1.82, 2.24) is 10.2 Å². The molecule has 0 aromatic carbocycles. The maximum atomic E-state index is 12.2. The standard InChI is InChI=1S/C14H26N2O.ClH/c1-11-9-12(2)16(10-11)14(17)4-3-13-5-7-15-8-6-13;/h11-13,15H,3-10H2,1-2H3;1H. The Morgan fingerprint density at radius 1 is 1.28 bits per heavy atom. The SMILES string of the molecule is CC1CC(C)N(C(=O)CCC2CCNCC2)C1.Cl. The van der Waals surface area contributed by atoms with Gasteiger partial charge in [0.25, 0.3) is 0 Å². The summed E-state index contributed by atoms with van der Waals surface area (Å²) < 4.78 is 0. The lowest BCUT2D eigenvalue weighted by Gasteiger charge is -2.25. The van der Waals surface area contributed by atoms with Crippen molar-refractivity contribution in [2.75, 3.05) is 19.6 Å². The summed E-state index contributed by atoms with van der Waals surface area (Å²) in [4.78, 5) is 14.3. The molecule has 1 N–H and O–H groups in total. The fourth-order valence-electron chi connectivity index (χ4n) is 3.29. The molecule has 106 valence electrons. The van der Waals surface area contributed by atoms with E-state index >= 15 is 0 Å². The molecule has 1 amide bonds. The Bertz CT molecular complexity index is 267. The van der Waals surface area contributed by atoms with Gasteiger partial charge >= 0.3 is 0 Å². The van der Waals surface area contributed by atoms with Crippen molar-refractivity contribution in [2.24, 2.45) is 11.8 Å². The summed E-state index contributed by atoms with van der Waals surface area (Å²) in [7, 11) is 0. The number of halogens is 1. The van der Waals surface area contributed by atoms with Crippen LogP contribution in [0.1, 0.15) is 46.0 Å². The van der Waals surface area contributed by atoms with Gasteiger partial charge in [0.1, 0.15) is 0 Å². The van der Waals surface area contributed by atoms with Crippen LogP contribution in [0.4, 0.5) is 0 Å². The first-order valence-electron chi connectivity index (χ1n) is 7.17. The Morgan fingerprint density at radius 2 is 1.94 bits per heavy atom. The van der Waals surface area contributed by atoms with Crippen molar-refractivity contribution in [3.05, 3.63) is 0 Å². The third-order valence-corrected chi connectivity index (χ3v) is 4.33. The number of likely N-dealkylation sites (tertiary alicyclic amines) is 1. The zero-order valence-corrected chi connectivity index (χ0v) is 12.5. The topological polar surface area (TPSA) is 32.3 Å². The van der Waals surface area contributed by atoms with Gasteiger partial charge in [0.15, 0.2) is 0 Å². The van der Waals surface area contributed by atoms with E-state index in [0.717, 1.165) is 38.4 Å². The van der Waals surface area contributed by atoms with Crippen LogP contribution >= 0.6 is 12.4 Å². The molecule has 2 aliphatic heterocycles. The molecule has 0 bridgehead atoms. The normalized spacial score (nSPS) is 29.1. The van der Waals surface area contributed by atoms with Crippen LogP contribution in [0.5, 0.6) is 0 Å². The van der Waals surface area contributed by atoms with Gasteiger partial charge in [-0.25, -0.2) is 0 Å². The molecule has 0 aliphatic carbocycles. The predicted molar refractivity (Wildman–Crippen MR) is 77.0 cm³/mol. The summed E-state index contributed by atoms with van der Waals surface area (Å²) in [5.74, 6) is 1.85. The Balaban J connectivity index is 0.00000162. The van der Waals surface area contributed by atoms with Crippen LogP contribution < -0.4 is 5.32 Å². The minimum Gasteiger partial charge on any atom is -0.340 e. The Hall–Kier alpha value is -0.280. The van der Waals surface area contributed by atoms with Crippen LogP contribution in [0.3, 0.4) is 0 Å². The van der Waals surface area contributed by atoms with Gasteiger partial charge in [0, 0.05) is 19.0 Å². The van der Waals surface area contributed by atoms with Crippen LogP contribution in [0.2, 0.25) is 0 Å². The number of hydrogen-bond acceptors (Lipinski definition) is 2. The smallest absolute Gasteiger partial charge is 0.222 e. The number of carbonyl (C=O) groups excluding carboxylic acids is 1. The Morgan fingerprint density at radius 3 is 2.50 bits per heavy atom. The van der Waals surface area contributed by atoms with Crippen molar-refractivity contribution in [3.8, 4) is 0 Å². The van der Waals surface area contributed by atoms with E-state index in [1.54, 1.807) is 0 Å². The summed E-state index contributed by atoms with van der Waals surface area (Å²) in [6.07, 6.45) is 5.54. The fraction of sp³-hybridized carbons (Fsp3) is 0.929. The zero-order chi connectivity index (χ0) is 12.3. The van der Waals surface area contributed by atoms with E-state index in [1.165, 1.54) is 19.3 Å². The third-order valence-electron chi connectivity index (χ3n) is 4.33. The molecule has 18 heavy (non-hydrogen) atoms. The number of nitrogens with zero attached hydrogens (tertiary/aromatic N) is 1. The highest BCUT2D eigenvalue weighted by atomic mass is 35.5. The lowest BCUT2D eigenvalue weighted by Crippen LogP contribution is -2.34. The van der Waals surface area contributed by atoms with E-state index in [1.807, 2.05) is 0 Å².